The molecule has 0 N–H and O–H groups in total. The molecule has 0 radical (unpaired) electrons. The Morgan fingerprint density at radius 1 is 1.39 bits per heavy atom. The fourth-order valence-electron chi connectivity index (χ4n) is 3.01. The highest BCUT2D eigenvalue weighted by Crippen LogP contribution is 2.22. The maximum Gasteiger partial charge on any atom is 0.227 e. The number of aryl methyl sites for hydroxylation is 1. The van der Waals surface area contributed by atoms with Crippen molar-refractivity contribution in [2.24, 2.45) is 0 Å². The number of carbonyl (C=O) groups excluding carboxylic acids is 1. The Morgan fingerprint density at radius 2 is 2.17 bits per heavy atom. The van der Waals surface area contributed by atoms with Gasteiger partial charge in [0.05, 0.1) is 30.3 Å². The van der Waals surface area contributed by atoms with E-state index in [9.17, 15) is 4.79 Å². The molecule has 23 heavy (non-hydrogen) atoms. The zero-order valence-electron chi connectivity index (χ0n) is 13.3. The van der Waals surface area contributed by atoms with Gasteiger partial charge in [-0.3, -0.25) is 9.48 Å². The molecular weight excluding hydrogens is 288 g/mol. The first kappa shape index (κ1) is 15.3. The quantitative estimate of drug-likeness (QED) is 0.875. The second-order valence-corrected chi connectivity index (χ2v) is 6.12. The summed E-state index contributed by atoms with van der Waals surface area (Å²) in [6.07, 6.45) is 6.35. The second-order valence-electron chi connectivity index (χ2n) is 6.12. The van der Waals surface area contributed by atoms with Crippen molar-refractivity contribution in [2.45, 2.75) is 32.2 Å². The van der Waals surface area contributed by atoms with Crippen molar-refractivity contribution in [1.29, 1.82) is 5.26 Å². The molecule has 1 aromatic heterocycles. The Hall–Kier alpha value is -2.61. The Kier molecular flexibility index (Phi) is 4.42. The predicted octanol–water partition coefficient (Wildman–Crippen LogP) is 2.47. The minimum atomic E-state index is 0.142. The van der Waals surface area contributed by atoms with Crippen LogP contribution in [0.4, 0.5) is 0 Å². The van der Waals surface area contributed by atoms with Crippen LogP contribution in [0.25, 0.3) is 0 Å². The average molecular weight is 308 g/mol. The first-order valence-electron chi connectivity index (χ1n) is 7.93. The van der Waals surface area contributed by atoms with E-state index in [-0.39, 0.29) is 11.9 Å². The monoisotopic (exact) mass is 308 g/mol. The molecule has 118 valence electrons. The highest BCUT2D eigenvalue weighted by molar-refractivity contribution is 5.79. The third-order valence-electron chi connectivity index (χ3n) is 4.29. The van der Waals surface area contributed by atoms with Gasteiger partial charge in [-0.1, -0.05) is 12.1 Å². The van der Waals surface area contributed by atoms with E-state index >= 15 is 0 Å². The van der Waals surface area contributed by atoms with Crippen molar-refractivity contribution in [1.82, 2.24) is 14.7 Å². The summed E-state index contributed by atoms with van der Waals surface area (Å²) in [5.74, 6) is 0.142. The highest BCUT2D eigenvalue weighted by atomic mass is 16.2. The Balaban J connectivity index is 1.63. The molecule has 1 saturated heterocycles. The summed E-state index contributed by atoms with van der Waals surface area (Å²) in [6.45, 7) is 3.56. The predicted molar refractivity (Wildman–Crippen MR) is 86.7 cm³/mol. The number of piperidine rings is 1. The summed E-state index contributed by atoms with van der Waals surface area (Å²) in [5.41, 5.74) is 2.71. The third kappa shape index (κ3) is 3.59. The Morgan fingerprint density at radius 3 is 2.83 bits per heavy atom. The van der Waals surface area contributed by atoms with Crippen LogP contribution in [0.2, 0.25) is 0 Å². The van der Waals surface area contributed by atoms with Gasteiger partial charge in [0, 0.05) is 19.3 Å². The van der Waals surface area contributed by atoms with Gasteiger partial charge in [-0.25, -0.2) is 0 Å². The number of likely N-dealkylation sites (tertiary alicyclic amines) is 1. The summed E-state index contributed by atoms with van der Waals surface area (Å²) in [7, 11) is 0. The van der Waals surface area contributed by atoms with Gasteiger partial charge in [0.2, 0.25) is 5.91 Å². The van der Waals surface area contributed by atoms with Crippen molar-refractivity contribution >= 4 is 5.91 Å². The Labute approximate surface area is 136 Å². The lowest BCUT2D eigenvalue weighted by Gasteiger charge is -2.33. The number of aromatic nitrogens is 2. The van der Waals surface area contributed by atoms with Gasteiger partial charge < -0.3 is 4.90 Å². The van der Waals surface area contributed by atoms with E-state index in [1.54, 1.807) is 12.1 Å². The fourth-order valence-corrected chi connectivity index (χ4v) is 3.01. The maximum absolute atomic E-state index is 12.5. The van der Waals surface area contributed by atoms with Crippen LogP contribution in [0.3, 0.4) is 0 Å². The van der Waals surface area contributed by atoms with Gasteiger partial charge in [-0.05, 0) is 43.0 Å². The van der Waals surface area contributed by atoms with Gasteiger partial charge in [-0.2, -0.15) is 10.4 Å². The number of amides is 1. The molecule has 0 aliphatic carbocycles. The summed E-state index contributed by atoms with van der Waals surface area (Å²) in [4.78, 5) is 14.5. The molecule has 1 aromatic carbocycles. The van der Waals surface area contributed by atoms with E-state index in [0.717, 1.165) is 37.1 Å². The zero-order valence-corrected chi connectivity index (χ0v) is 13.3. The molecule has 1 fully saturated rings. The van der Waals surface area contributed by atoms with Crippen molar-refractivity contribution in [3.8, 4) is 6.07 Å². The van der Waals surface area contributed by atoms with Gasteiger partial charge >= 0.3 is 0 Å². The molecule has 0 saturated carbocycles. The molecule has 0 spiro atoms. The van der Waals surface area contributed by atoms with Crippen LogP contribution < -0.4 is 0 Å². The maximum atomic E-state index is 12.5. The van der Waals surface area contributed by atoms with Crippen LogP contribution in [0.1, 0.15) is 35.6 Å². The second kappa shape index (κ2) is 6.66. The van der Waals surface area contributed by atoms with Crippen molar-refractivity contribution in [3.05, 3.63) is 53.3 Å². The van der Waals surface area contributed by atoms with E-state index < -0.39 is 0 Å². The fraction of sp³-hybridized carbons (Fsp3) is 0.389. The number of benzene rings is 1. The van der Waals surface area contributed by atoms with Crippen LogP contribution in [-0.2, 0) is 11.2 Å². The molecule has 5 nitrogen and oxygen atoms in total. The lowest BCUT2D eigenvalue weighted by molar-refractivity contribution is -0.132. The number of carbonyl (C=O) groups is 1. The van der Waals surface area contributed by atoms with E-state index in [1.807, 2.05) is 41.0 Å². The van der Waals surface area contributed by atoms with Crippen molar-refractivity contribution < 1.29 is 4.79 Å². The van der Waals surface area contributed by atoms with Gasteiger partial charge in [-0.15, -0.1) is 0 Å². The first-order chi connectivity index (χ1) is 11.2. The lowest BCUT2D eigenvalue weighted by Crippen LogP contribution is -2.41. The van der Waals surface area contributed by atoms with Crippen LogP contribution in [0, 0.1) is 18.3 Å². The SMILES string of the molecule is Cc1cnn([C@@H]2CCCN(C(=O)Cc3ccc(C#N)cc3)C2)c1. The van der Waals surface area contributed by atoms with Crippen molar-refractivity contribution in [2.75, 3.05) is 13.1 Å². The minimum absolute atomic E-state index is 0.142. The molecule has 1 atom stereocenters. The normalized spacial score (nSPS) is 17.7. The molecule has 2 heterocycles. The molecule has 1 aliphatic rings. The topological polar surface area (TPSA) is 61.9 Å². The van der Waals surface area contributed by atoms with E-state index in [0.29, 0.717) is 12.0 Å². The molecule has 2 aromatic rings. The van der Waals surface area contributed by atoms with E-state index in [2.05, 4.69) is 11.2 Å². The summed E-state index contributed by atoms with van der Waals surface area (Å²) < 4.78 is 1.98. The molecule has 3 rings (SSSR count). The lowest BCUT2D eigenvalue weighted by atomic mass is 10.0. The van der Waals surface area contributed by atoms with Crippen LogP contribution in [0.5, 0.6) is 0 Å². The van der Waals surface area contributed by atoms with E-state index in [4.69, 9.17) is 5.26 Å². The number of nitriles is 1. The Bertz CT molecular complexity index is 726. The number of hydrogen-bond donors (Lipinski definition) is 0. The molecule has 1 aliphatic heterocycles. The van der Waals surface area contributed by atoms with Crippen LogP contribution in [-0.4, -0.2) is 33.7 Å². The molecule has 1 amide bonds. The number of nitrogens with zero attached hydrogens (tertiary/aromatic N) is 4. The van der Waals surface area contributed by atoms with Crippen LogP contribution in [0.15, 0.2) is 36.7 Å². The zero-order chi connectivity index (χ0) is 16.2. The largest absolute Gasteiger partial charge is 0.340 e. The summed E-state index contributed by atoms with van der Waals surface area (Å²) in [5, 5.41) is 13.2. The summed E-state index contributed by atoms with van der Waals surface area (Å²) in [6, 6.07) is 9.59. The average Bonchev–Trinajstić information content (AvgIpc) is 3.02. The molecule has 0 bridgehead atoms. The molecule has 0 unspecified atom stereocenters. The molecule has 5 heteroatoms. The van der Waals surface area contributed by atoms with Gasteiger partial charge in [0.1, 0.15) is 0 Å². The van der Waals surface area contributed by atoms with Gasteiger partial charge in [0.25, 0.3) is 0 Å². The van der Waals surface area contributed by atoms with Crippen molar-refractivity contribution in [3.63, 3.8) is 0 Å². The minimum Gasteiger partial charge on any atom is -0.340 e. The smallest absolute Gasteiger partial charge is 0.227 e. The first-order valence-corrected chi connectivity index (χ1v) is 7.93. The van der Waals surface area contributed by atoms with Crippen LogP contribution >= 0.6 is 0 Å². The standard InChI is InChI=1S/C18H20N4O/c1-14-11-20-22(12-14)17-3-2-8-21(13-17)18(23)9-15-4-6-16(10-19)7-5-15/h4-7,11-12,17H,2-3,8-9,13H2,1H3/t17-/m1/s1. The number of rotatable bonds is 3. The van der Waals surface area contributed by atoms with E-state index in [1.165, 1.54) is 0 Å². The highest BCUT2D eigenvalue weighted by Gasteiger charge is 2.25. The van der Waals surface area contributed by atoms with Gasteiger partial charge in [0.15, 0.2) is 0 Å². The third-order valence-corrected chi connectivity index (χ3v) is 4.29. The number of hydrogen-bond acceptors (Lipinski definition) is 3. The summed E-state index contributed by atoms with van der Waals surface area (Å²) >= 11 is 0. The molecular formula is C18H20N4O.